The van der Waals surface area contributed by atoms with Gasteiger partial charge in [0.1, 0.15) is 11.1 Å². The highest BCUT2D eigenvalue weighted by Crippen LogP contribution is 2.38. The van der Waals surface area contributed by atoms with Crippen molar-refractivity contribution in [1.82, 2.24) is 24.7 Å². The summed E-state index contributed by atoms with van der Waals surface area (Å²) in [7, 11) is 3.34. The minimum Gasteiger partial charge on any atom is -0.494 e. The van der Waals surface area contributed by atoms with Crippen molar-refractivity contribution < 1.29 is 19.1 Å². The lowest BCUT2D eigenvalue weighted by Gasteiger charge is -2.15. The predicted molar refractivity (Wildman–Crippen MR) is 129 cm³/mol. The van der Waals surface area contributed by atoms with Crippen molar-refractivity contribution in [2.45, 2.75) is 6.54 Å². The van der Waals surface area contributed by atoms with E-state index in [-0.39, 0.29) is 17.3 Å². The standard InChI is InChI=1S/C24H21N7O4/c1-31-13-14(11-27-31)10-25-24-26-12-16(23(32)33)21(30-24)28-18-8-5-6-15(20(18)34-2)22-29-17-7-3-4-9-19(17)35-22/h3-9,11-13H,10H2,1-2H3,(H,32,33)(H2,25,26,28,30). The maximum absolute atomic E-state index is 11.8. The van der Waals surface area contributed by atoms with Crippen LogP contribution < -0.4 is 15.4 Å². The molecule has 0 aliphatic heterocycles. The lowest BCUT2D eigenvalue weighted by atomic mass is 10.1. The van der Waals surface area contributed by atoms with E-state index in [1.807, 2.05) is 43.6 Å². The fraction of sp³-hybridized carbons (Fsp3) is 0.125. The van der Waals surface area contributed by atoms with Gasteiger partial charge in [-0.15, -0.1) is 0 Å². The SMILES string of the molecule is COc1c(Nc2nc(NCc3cnn(C)c3)ncc2C(=O)O)cccc1-c1nc2ccccc2o1. The number of ether oxygens (including phenoxy) is 1. The quantitative estimate of drug-likeness (QED) is 0.303. The first kappa shape index (κ1) is 21.9. The van der Waals surface area contributed by atoms with E-state index >= 15 is 0 Å². The average molecular weight is 471 g/mol. The Hall–Kier alpha value is -4.93. The molecule has 0 amide bonds. The van der Waals surface area contributed by atoms with Crippen molar-refractivity contribution in [2.75, 3.05) is 17.7 Å². The summed E-state index contributed by atoms with van der Waals surface area (Å²) in [5.41, 5.74) is 3.31. The number of nitrogens with zero attached hydrogens (tertiary/aromatic N) is 5. The number of benzene rings is 2. The second-order valence-electron chi connectivity index (χ2n) is 7.63. The van der Waals surface area contributed by atoms with E-state index in [2.05, 4.69) is 30.7 Å². The minimum atomic E-state index is -1.17. The van der Waals surface area contributed by atoms with Crippen molar-refractivity contribution in [1.29, 1.82) is 0 Å². The average Bonchev–Trinajstić information content (AvgIpc) is 3.48. The smallest absolute Gasteiger partial charge is 0.341 e. The van der Waals surface area contributed by atoms with Crippen molar-refractivity contribution in [3.63, 3.8) is 0 Å². The van der Waals surface area contributed by atoms with Crippen molar-refractivity contribution in [3.8, 4) is 17.2 Å². The number of para-hydroxylation sites is 3. The molecule has 11 heteroatoms. The normalized spacial score (nSPS) is 10.9. The van der Waals surface area contributed by atoms with Crippen LogP contribution >= 0.6 is 0 Å². The van der Waals surface area contributed by atoms with Gasteiger partial charge in [-0.1, -0.05) is 18.2 Å². The summed E-state index contributed by atoms with van der Waals surface area (Å²) >= 11 is 0. The number of rotatable bonds is 8. The minimum absolute atomic E-state index is 0.0914. The molecule has 0 radical (unpaired) electrons. The van der Waals surface area contributed by atoms with Crippen LogP contribution in [0.25, 0.3) is 22.6 Å². The molecule has 3 heterocycles. The summed E-state index contributed by atoms with van der Waals surface area (Å²) in [4.78, 5) is 24.9. The van der Waals surface area contributed by atoms with Gasteiger partial charge in [-0.25, -0.2) is 14.8 Å². The molecule has 0 aliphatic rings. The Morgan fingerprint density at radius 3 is 2.74 bits per heavy atom. The molecule has 0 spiro atoms. The first-order valence-corrected chi connectivity index (χ1v) is 10.6. The topological polar surface area (TPSA) is 140 Å². The number of carbonyl (C=O) groups is 1. The summed E-state index contributed by atoms with van der Waals surface area (Å²) in [5, 5.41) is 20.0. The fourth-order valence-corrected chi connectivity index (χ4v) is 3.60. The maximum Gasteiger partial charge on any atom is 0.341 e. The van der Waals surface area contributed by atoms with E-state index in [0.717, 1.165) is 11.1 Å². The van der Waals surface area contributed by atoms with Crippen LogP contribution in [0.3, 0.4) is 0 Å². The van der Waals surface area contributed by atoms with Crippen LogP contribution in [0.1, 0.15) is 15.9 Å². The number of hydrogen-bond donors (Lipinski definition) is 3. The number of methoxy groups -OCH3 is 1. The number of fused-ring (bicyclic) bond motifs is 1. The molecule has 0 bridgehead atoms. The molecule has 176 valence electrons. The zero-order chi connectivity index (χ0) is 24.4. The summed E-state index contributed by atoms with van der Waals surface area (Å²) in [6.07, 6.45) is 4.83. The Bertz CT molecular complexity index is 1490. The van der Waals surface area contributed by atoms with E-state index in [1.165, 1.54) is 13.3 Å². The number of hydrogen-bond acceptors (Lipinski definition) is 9. The van der Waals surface area contributed by atoms with Gasteiger partial charge in [-0.3, -0.25) is 4.68 Å². The van der Waals surface area contributed by atoms with Gasteiger partial charge in [-0.2, -0.15) is 10.1 Å². The van der Waals surface area contributed by atoms with Crippen LogP contribution in [-0.4, -0.2) is 42.9 Å². The lowest BCUT2D eigenvalue weighted by molar-refractivity contribution is 0.0697. The van der Waals surface area contributed by atoms with Crippen LogP contribution in [0.15, 0.2) is 65.5 Å². The highest BCUT2D eigenvalue weighted by molar-refractivity contribution is 5.94. The zero-order valence-electron chi connectivity index (χ0n) is 18.9. The zero-order valence-corrected chi connectivity index (χ0v) is 18.9. The molecule has 0 saturated heterocycles. The number of nitrogens with one attached hydrogen (secondary N) is 2. The van der Waals surface area contributed by atoms with Crippen molar-refractivity contribution in [2.24, 2.45) is 7.05 Å². The summed E-state index contributed by atoms with van der Waals surface area (Å²) in [6, 6.07) is 12.8. The second kappa shape index (κ2) is 9.14. The van der Waals surface area contributed by atoms with Crippen molar-refractivity contribution in [3.05, 3.63) is 72.2 Å². The van der Waals surface area contributed by atoms with Crippen LogP contribution in [0, 0.1) is 0 Å². The molecular formula is C24H21N7O4. The number of carboxylic acids is 1. The third kappa shape index (κ3) is 4.47. The van der Waals surface area contributed by atoms with E-state index in [4.69, 9.17) is 9.15 Å². The molecule has 0 fully saturated rings. The van der Waals surface area contributed by atoms with Crippen LogP contribution in [0.2, 0.25) is 0 Å². The first-order chi connectivity index (χ1) is 17.0. The monoisotopic (exact) mass is 471 g/mol. The molecule has 11 nitrogen and oxygen atoms in total. The first-order valence-electron chi connectivity index (χ1n) is 10.6. The van der Waals surface area contributed by atoms with E-state index < -0.39 is 5.97 Å². The van der Waals surface area contributed by atoms with Crippen LogP contribution in [0.5, 0.6) is 5.75 Å². The van der Waals surface area contributed by atoms with Gasteiger partial charge in [0.15, 0.2) is 17.2 Å². The third-order valence-corrected chi connectivity index (χ3v) is 5.22. The Labute approximate surface area is 199 Å². The largest absolute Gasteiger partial charge is 0.494 e. The van der Waals surface area contributed by atoms with Gasteiger partial charge in [0.2, 0.25) is 11.8 Å². The highest BCUT2D eigenvalue weighted by atomic mass is 16.5. The highest BCUT2D eigenvalue weighted by Gasteiger charge is 2.20. The molecule has 0 saturated carbocycles. The molecule has 5 rings (SSSR count). The summed E-state index contributed by atoms with van der Waals surface area (Å²) in [5.74, 6) is 0.00977. The Kier molecular flexibility index (Phi) is 5.71. The van der Waals surface area contributed by atoms with E-state index in [0.29, 0.717) is 35.0 Å². The van der Waals surface area contributed by atoms with E-state index in [9.17, 15) is 9.90 Å². The number of anilines is 3. The molecule has 35 heavy (non-hydrogen) atoms. The molecule has 0 unspecified atom stereocenters. The molecule has 0 aliphatic carbocycles. The molecule has 5 aromatic rings. The summed E-state index contributed by atoms with van der Waals surface area (Å²) < 4.78 is 13.3. The van der Waals surface area contributed by atoms with Gasteiger partial charge < -0.3 is 24.9 Å². The number of carboxylic acid groups (broad SMARTS) is 1. The molecule has 3 aromatic heterocycles. The van der Waals surface area contributed by atoms with Gasteiger partial charge in [0.25, 0.3) is 0 Å². The fourth-order valence-electron chi connectivity index (χ4n) is 3.60. The van der Waals surface area contributed by atoms with Gasteiger partial charge in [-0.05, 0) is 24.3 Å². The van der Waals surface area contributed by atoms with Gasteiger partial charge >= 0.3 is 5.97 Å². The maximum atomic E-state index is 11.8. The molecule has 0 atom stereocenters. The Morgan fingerprint density at radius 2 is 2.00 bits per heavy atom. The predicted octanol–water partition coefficient (Wildman–Crippen LogP) is 4.08. The Balaban J connectivity index is 1.48. The summed E-state index contributed by atoms with van der Waals surface area (Å²) in [6.45, 7) is 0.427. The van der Waals surface area contributed by atoms with E-state index in [1.54, 1.807) is 23.0 Å². The number of aromatic nitrogens is 5. The van der Waals surface area contributed by atoms with Crippen molar-refractivity contribution >= 4 is 34.5 Å². The van der Waals surface area contributed by atoms with Crippen LogP contribution in [-0.2, 0) is 13.6 Å². The second-order valence-corrected chi connectivity index (χ2v) is 7.63. The number of aromatic carboxylic acids is 1. The Morgan fingerprint density at radius 1 is 1.14 bits per heavy atom. The van der Waals surface area contributed by atoms with Gasteiger partial charge in [0.05, 0.1) is 24.6 Å². The molecular weight excluding hydrogens is 450 g/mol. The third-order valence-electron chi connectivity index (χ3n) is 5.22. The van der Waals surface area contributed by atoms with Crippen LogP contribution in [0.4, 0.5) is 17.5 Å². The molecule has 2 aromatic carbocycles. The lowest BCUT2D eigenvalue weighted by Crippen LogP contribution is -2.10. The van der Waals surface area contributed by atoms with Gasteiger partial charge in [0, 0.05) is 31.5 Å². The number of aryl methyl sites for hydroxylation is 1. The molecule has 3 N–H and O–H groups in total. The number of oxazole rings is 1.